The molecule has 0 spiro atoms. The van der Waals surface area contributed by atoms with Gasteiger partial charge < -0.3 is 25.1 Å². The summed E-state index contributed by atoms with van der Waals surface area (Å²) < 4.78 is 41.1. The fraction of sp³-hybridized carbons (Fsp3) is 0.182. The van der Waals surface area contributed by atoms with Crippen LogP contribution in [0.3, 0.4) is 0 Å². The number of hydrogen-bond donors (Lipinski definition) is 3. The van der Waals surface area contributed by atoms with Crippen molar-refractivity contribution in [3.8, 4) is 11.5 Å². The van der Waals surface area contributed by atoms with Crippen molar-refractivity contribution >= 4 is 47.4 Å². The highest BCUT2D eigenvalue weighted by molar-refractivity contribution is 6.31. The number of nitrogens with two attached hydrogens (primary N) is 1. The first-order valence-electron chi connectivity index (χ1n) is 9.42. The maximum Gasteiger partial charge on any atom is 0.411 e. The number of halogens is 4. The Balaban J connectivity index is 0.000000225. The molecule has 2 aromatic carbocycles. The SMILES string of the molecule is CO.COC(=O)NC1=Cc2cc(Cl)c(F)cc2OC1.NC(=O)C1=Cc2cc(Cl)c(F)cc2OC1. The van der Waals surface area contributed by atoms with Gasteiger partial charge >= 0.3 is 6.09 Å². The number of aliphatic hydroxyl groups excluding tert-OH is 1. The van der Waals surface area contributed by atoms with Gasteiger partial charge in [0.2, 0.25) is 5.91 Å². The smallest absolute Gasteiger partial charge is 0.411 e. The molecule has 0 saturated carbocycles. The second-order valence-electron chi connectivity index (χ2n) is 6.51. The van der Waals surface area contributed by atoms with Crippen molar-refractivity contribution in [1.82, 2.24) is 5.32 Å². The molecule has 2 heterocycles. The lowest BCUT2D eigenvalue weighted by atomic mass is 10.1. The van der Waals surface area contributed by atoms with Gasteiger partial charge in [0.1, 0.15) is 36.3 Å². The number of benzene rings is 2. The number of nitrogens with one attached hydrogen (secondary N) is 1. The third-order valence-electron chi connectivity index (χ3n) is 4.30. The molecule has 2 aliphatic heterocycles. The van der Waals surface area contributed by atoms with E-state index in [2.05, 4.69) is 10.1 Å². The maximum atomic E-state index is 13.1. The van der Waals surface area contributed by atoms with E-state index in [1.165, 1.54) is 31.4 Å². The highest BCUT2D eigenvalue weighted by Crippen LogP contribution is 2.31. The fourth-order valence-corrected chi connectivity index (χ4v) is 3.07. The van der Waals surface area contributed by atoms with E-state index in [4.69, 9.17) is 43.5 Å². The number of fused-ring (bicyclic) bond motifs is 2. The van der Waals surface area contributed by atoms with Crippen molar-refractivity contribution in [3.63, 3.8) is 0 Å². The van der Waals surface area contributed by atoms with Crippen molar-refractivity contribution < 1.29 is 37.7 Å². The molecule has 0 bridgehead atoms. The van der Waals surface area contributed by atoms with Crippen molar-refractivity contribution in [3.05, 3.63) is 68.3 Å². The van der Waals surface area contributed by atoms with Crippen LogP contribution in [0, 0.1) is 11.6 Å². The number of methoxy groups -OCH3 is 1. The molecule has 0 radical (unpaired) electrons. The molecular formula is C22H20Cl2F2N2O6. The van der Waals surface area contributed by atoms with Crippen molar-refractivity contribution in [2.75, 3.05) is 27.4 Å². The van der Waals surface area contributed by atoms with Gasteiger partial charge in [0, 0.05) is 30.4 Å². The number of carbonyl (C=O) groups excluding carboxylic acids is 2. The number of alkyl carbamates (subject to hydrolysis) is 1. The van der Waals surface area contributed by atoms with Gasteiger partial charge in [-0.25, -0.2) is 13.6 Å². The number of amides is 2. The lowest BCUT2D eigenvalue weighted by molar-refractivity contribution is -0.114. The molecule has 8 nitrogen and oxygen atoms in total. The van der Waals surface area contributed by atoms with Crippen LogP contribution in [0.1, 0.15) is 11.1 Å². The molecule has 2 aliphatic rings. The molecule has 4 N–H and O–H groups in total. The summed E-state index contributed by atoms with van der Waals surface area (Å²) in [4.78, 5) is 21.9. The number of ether oxygens (including phenoxy) is 3. The molecule has 0 aromatic heterocycles. The maximum absolute atomic E-state index is 13.1. The van der Waals surface area contributed by atoms with Crippen LogP contribution in [0.4, 0.5) is 13.6 Å². The Hall–Kier alpha value is -3.34. The van der Waals surface area contributed by atoms with Crippen LogP contribution >= 0.6 is 23.2 Å². The molecule has 4 rings (SSSR count). The van der Waals surface area contributed by atoms with Crippen molar-refractivity contribution in [2.24, 2.45) is 5.73 Å². The third kappa shape index (κ3) is 6.83. The highest BCUT2D eigenvalue weighted by Gasteiger charge is 2.17. The Morgan fingerprint density at radius 3 is 1.97 bits per heavy atom. The summed E-state index contributed by atoms with van der Waals surface area (Å²) in [7, 11) is 2.26. The van der Waals surface area contributed by atoms with E-state index in [0.717, 1.165) is 7.11 Å². The Morgan fingerprint density at radius 1 is 0.971 bits per heavy atom. The summed E-state index contributed by atoms with van der Waals surface area (Å²) in [6, 6.07) is 5.23. The van der Waals surface area contributed by atoms with E-state index in [0.29, 0.717) is 33.9 Å². The van der Waals surface area contributed by atoms with E-state index in [-0.39, 0.29) is 23.3 Å². The summed E-state index contributed by atoms with van der Waals surface area (Å²) >= 11 is 11.3. The number of rotatable bonds is 2. The topological polar surface area (TPSA) is 120 Å². The zero-order valence-corrected chi connectivity index (χ0v) is 19.5. The van der Waals surface area contributed by atoms with Crippen LogP contribution in [0.2, 0.25) is 10.0 Å². The molecule has 0 saturated heterocycles. The van der Waals surface area contributed by atoms with Crippen LogP contribution in [-0.4, -0.2) is 44.5 Å². The second kappa shape index (κ2) is 12.2. The number of aliphatic hydroxyl groups is 1. The van der Waals surface area contributed by atoms with Gasteiger partial charge in [-0.15, -0.1) is 0 Å². The van der Waals surface area contributed by atoms with Crippen LogP contribution in [-0.2, 0) is 9.53 Å². The van der Waals surface area contributed by atoms with Crippen LogP contribution < -0.4 is 20.5 Å². The minimum absolute atomic E-state index is 0.00270. The molecule has 34 heavy (non-hydrogen) atoms. The molecule has 12 heteroatoms. The monoisotopic (exact) mass is 516 g/mol. The van der Waals surface area contributed by atoms with Crippen LogP contribution in [0.15, 0.2) is 35.5 Å². The average molecular weight is 517 g/mol. The zero-order chi connectivity index (χ0) is 25.4. The number of hydrogen-bond acceptors (Lipinski definition) is 6. The highest BCUT2D eigenvalue weighted by atomic mass is 35.5. The Morgan fingerprint density at radius 2 is 1.47 bits per heavy atom. The van der Waals surface area contributed by atoms with Gasteiger partial charge in [-0.3, -0.25) is 10.1 Å². The quantitative estimate of drug-likeness (QED) is 0.556. The zero-order valence-electron chi connectivity index (χ0n) is 18.0. The Bertz CT molecular complexity index is 1150. The van der Waals surface area contributed by atoms with Crippen molar-refractivity contribution in [2.45, 2.75) is 0 Å². The van der Waals surface area contributed by atoms with E-state index >= 15 is 0 Å². The Labute approximate surface area is 203 Å². The van der Waals surface area contributed by atoms with E-state index < -0.39 is 23.6 Å². The van der Waals surface area contributed by atoms with Gasteiger partial charge in [0.25, 0.3) is 0 Å². The second-order valence-corrected chi connectivity index (χ2v) is 7.32. The molecule has 2 amide bonds. The summed E-state index contributed by atoms with van der Waals surface area (Å²) in [5, 5.41) is 9.47. The van der Waals surface area contributed by atoms with Gasteiger partial charge in [-0.2, -0.15) is 0 Å². The lowest BCUT2D eigenvalue weighted by Crippen LogP contribution is -2.27. The normalized spacial score (nSPS) is 12.9. The number of primary amides is 1. The molecule has 0 unspecified atom stereocenters. The van der Waals surface area contributed by atoms with Gasteiger partial charge in [-0.05, 0) is 24.3 Å². The molecule has 0 fully saturated rings. The lowest BCUT2D eigenvalue weighted by Gasteiger charge is -2.18. The largest absolute Gasteiger partial charge is 0.488 e. The van der Waals surface area contributed by atoms with Gasteiger partial charge in [0.15, 0.2) is 0 Å². The third-order valence-corrected chi connectivity index (χ3v) is 4.88. The summed E-state index contributed by atoms with van der Waals surface area (Å²) in [5.74, 6) is -0.889. The first kappa shape index (κ1) is 26.9. The van der Waals surface area contributed by atoms with Gasteiger partial charge in [0.05, 0.1) is 28.4 Å². The van der Waals surface area contributed by atoms with Gasteiger partial charge in [-0.1, -0.05) is 23.2 Å². The molecule has 0 aliphatic carbocycles. The van der Waals surface area contributed by atoms with E-state index in [1.807, 2.05) is 0 Å². The molecule has 0 atom stereocenters. The predicted octanol–water partition coefficient (Wildman–Crippen LogP) is 3.92. The van der Waals surface area contributed by atoms with Crippen LogP contribution in [0.25, 0.3) is 12.2 Å². The van der Waals surface area contributed by atoms with E-state index in [9.17, 15) is 18.4 Å². The Kier molecular flexibility index (Phi) is 9.67. The number of carbonyl (C=O) groups is 2. The molecule has 182 valence electrons. The van der Waals surface area contributed by atoms with Crippen molar-refractivity contribution in [1.29, 1.82) is 0 Å². The summed E-state index contributed by atoms with van der Waals surface area (Å²) in [6.45, 7) is 0.201. The molecular weight excluding hydrogens is 497 g/mol. The average Bonchev–Trinajstić information content (AvgIpc) is 2.82. The standard InChI is InChI=1S/C11H9ClFNO3.C10H7ClFNO2.CH4O/c1-16-11(15)14-7-2-6-3-8(12)9(13)4-10(6)17-5-7;11-7-2-5-1-6(10(13)14)4-15-9(5)3-8(7)12;1-2/h2-4H,5H2,1H3,(H,14,15);1-3H,4H2,(H2,13,14);2H,1H3. The first-order valence-corrected chi connectivity index (χ1v) is 10.2. The predicted molar refractivity (Wildman–Crippen MR) is 123 cm³/mol. The minimum atomic E-state index is -0.587. The van der Waals surface area contributed by atoms with Crippen LogP contribution in [0.5, 0.6) is 11.5 Å². The summed E-state index contributed by atoms with van der Waals surface area (Å²) in [6.07, 6.45) is 2.62. The van der Waals surface area contributed by atoms with E-state index in [1.54, 1.807) is 12.2 Å². The fourth-order valence-electron chi connectivity index (χ4n) is 2.73. The summed E-state index contributed by atoms with van der Waals surface area (Å²) in [5.41, 5.74) is 7.12. The minimum Gasteiger partial charge on any atom is -0.488 e. The molecule has 2 aromatic rings. The first-order chi connectivity index (χ1) is 16.2.